The van der Waals surface area contributed by atoms with Gasteiger partial charge in [0.25, 0.3) is 0 Å². The molecule has 28 heavy (non-hydrogen) atoms. The van der Waals surface area contributed by atoms with Crippen LogP contribution in [-0.4, -0.2) is 40.0 Å². The molecule has 4 heterocycles. The molecule has 0 amide bonds. The van der Waals surface area contributed by atoms with Crippen molar-refractivity contribution in [2.45, 2.75) is 26.9 Å². The van der Waals surface area contributed by atoms with Crippen LogP contribution in [0.3, 0.4) is 0 Å². The fraction of sp³-hybridized carbons (Fsp3) is 0.222. The summed E-state index contributed by atoms with van der Waals surface area (Å²) in [7, 11) is 0. The van der Waals surface area contributed by atoms with E-state index in [2.05, 4.69) is 30.8 Å². The van der Waals surface area contributed by atoms with Gasteiger partial charge in [0.15, 0.2) is 11.3 Å². The highest BCUT2D eigenvalue weighted by Crippen LogP contribution is 2.29. The fourth-order valence-electron chi connectivity index (χ4n) is 2.72. The van der Waals surface area contributed by atoms with Gasteiger partial charge in [-0.1, -0.05) is 28.6 Å². The van der Waals surface area contributed by atoms with E-state index in [1.54, 1.807) is 24.3 Å². The fourth-order valence-corrected chi connectivity index (χ4v) is 2.72. The lowest BCUT2D eigenvalue weighted by Gasteiger charge is -2.08. The molecule has 0 saturated heterocycles. The number of hydrogen-bond donors (Lipinski definition) is 0. The molecule has 0 unspecified atom stereocenters. The van der Waals surface area contributed by atoms with Crippen LogP contribution in [0.4, 0.5) is 0 Å². The van der Waals surface area contributed by atoms with E-state index >= 15 is 0 Å². The SMILES string of the molecule is [2H]c1c(-c2nnc3c4ccccc4c(OC([2H])([2H])c4cn(CC)nn4)nn23)noc1C([2H])([2H])[2H]. The Morgan fingerprint density at radius 1 is 1.25 bits per heavy atom. The van der Waals surface area contributed by atoms with Gasteiger partial charge in [-0.25, -0.2) is 0 Å². The summed E-state index contributed by atoms with van der Waals surface area (Å²) < 4.78 is 60.7. The maximum Gasteiger partial charge on any atom is 0.240 e. The molecule has 0 saturated carbocycles. The van der Waals surface area contributed by atoms with Crippen molar-refractivity contribution < 1.29 is 17.5 Å². The molecule has 0 aliphatic carbocycles. The molecule has 10 heteroatoms. The first-order valence-electron chi connectivity index (χ1n) is 11.3. The summed E-state index contributed by atoms with van der Waals surface area (Å²) in [4.78, 5) is 0. The molecule has 0 aliphatic rings. The van der Waals surface area contributed by atoms with E-state index in [4.69, 9.17) is 17.5 Å². The summed E-state index contributed by atoms with van der Waals surface area (Å²) in [5.41, 5.74) is 0.0473. The smallest absolute Gasteiger partial charge is 0.240 e. The van der Waals surface area contributed by atoms with Gasteiger partial charge >= 0.3 is 0 Å². The average molecular weight is 382 g/mol. The lowest BCUT2D eigenvalue weighted by Crippen LogP contribution is -2.03. The lowest BCUT2D eigenvalue weighted by atomic mass is 10.2. The Kier molecular flexibility index (Phi) is 2.55. The number of rotatable bonds is 5. The van der Waals surface area contributed by atoms with Crippen LogP contribution < -0.4 is 4.74 Å². The van der Waals surface area contributed by atoms with E-state index in [0.29, 0.717) is 17.3 Å². The van der Waals surface area contributed by atoms with Crippen LogP contribution in [0, 0.1) is 6.85 Å². The molecule has 140 valence electrons. The second kappa shape index (κ2) is 6.41. The van der Waals surface area contributed by atoms with Crippen molar-refractivity contribution in [3.63, 3.8) is 0 Å². The summed E-state index contributed by atoms with van der Waals surface area (Å²) in [5, 5.41) is 24.9. The Labute approximate surface area is 167 Å². The highest BCUT2D eigenvalue weighted by atomic mass is 16.5. The van der Waals surface area contributed by atoms with Crippen LogP contribution in [-0.2, 0) is 13.1 Å². The third-order valence-corrected chi connectivity index (χ3v) is 4.02. The molecule has 0 bridgehead atoms. The minimum atomic E-state index is -2.68. The van der Waals surface area contributed by atoms with Crippen molar-refractivity contribution in [1.29, 1.82) is 0 Å². The highest BCUT2D eigenvalue weighted by molar-refractivity contribution is 5.96. The van der Waals surface area contributed by atoms with E-state index in [9.17, 15) is 0 Å². The van der Waals surface area contributed by atoms with Gasteiger partial charge in [0.2, 0.25) is 11.7 Å². The molecule has 0 spiro atoms. The van der Waals surface area contributed by atoms with Gasteiger partial charge in [0.05, 0.1) is 10.3 Å². The maximum atomic E-state index is 8.39. The Hall–Kier alpha value is -3.82. The predicted octanol–water partition coefficient (Wildman–Crippen LogP) is 2.43. The van der Waals surface area contributed by atoms with Crippen molar-refractivity contribution >= 4 is 16.4 Å². The van der Waals surface area contributed by atoms with Crippen LogP contribution in [0.2, 0.25) is 0 Å². The normalized spacial score (nSPS) is 15.6. The van der Waals surface area contributed by atoms with Crippen LogP contribution in [0.25, 0.3) is 27.9 Å². The molecule has 0 fully saturated rings. The quantitative estimate of drug-likeness (QED) is 0.456. The molecule has 0 aliphatic heterocycles. The molecule has 0 radical (unpaired) electrons. The van der Waals surface area contributed by atoms with Gasteiger partial charge in [0, 0.05) is 27.5 Å². The lowest BCUT2D eigenvalue weighted by molar-refractivity contribution is 0.289. The average Bonchev–Trinajstić information content (AvgIpc) is 3.51. The highest BCUT2D eigenvalue weighted by Gasteiger charge is 2.18. The molecule has 5 aromatic rings. The minimum Gasteiger partial charge on any atom is -0.470 e. The zero-order valence-corrected chi connectivity index (χ0v) is 14.5. The summed E-state index contributed by atoms with van der Waals surface area (Å²) in [6, 6.07) is 6.41. The van der Waals surface area contributed by atoms with Crippen molar-refractivity contribution in [3.8, 4) is 17.4 Å². The summed E-state index contributed by atoms with van der Waals surface area (Å²) in [6.45, 7) is -2.71. The van der Waals surface area contributed by atoms with Gasteiger partial charge in [-0.05, 0) is 19.8 Å². The van der Waals surface area contributed by atoms with Crippen molar-refractivity contribution in [2.75, 3.05) is 0 Å². The van der Waals surface area contributed by atoms with Crippen LogP contribution >= 0.6 is 0 Å². The molecular weight excluding hydrogens is 360 g/mol. The van der Waals surface area contributed by atoms with Crippen LogP contribution in [0.15, 0.2) is 41.0 Å². The van der Waals surface area contributed by atoms with Gasteiger partial charge in [-0.2, -0.15) is 4.52 Å². The van der Waals surface area contributed by atoms with Crippen molar-refractivity contribution in [1.82, 2.24) is 40.0 Å². The standard InChI is InChI=1S/C18H16N8O2/c1-3-25-9-12(19-24-25)10-27-18-14-7-5-4-6-13(14)16-20-21-17(26(16)22-18)15-8-11(2)28-23-15/h4-9H,3,10H2,1-2H3/i2D3,8D,10D2. The summed E-state index contributed by atoms with van der Waals surface area (Å²) in [6.07, 6.45) is 1.43. The molecular formula is C18H16N8O2. The number of aromatic nitrogens is 8. The Bertz CT molecular complexity index is 1520. The molecule has 4 aromatic heterocycles. The molecule has 10 nitrogen and oxygen atoms in total. The first-order chi connectivity index (χ1) is 16.1. The Balaban J connectivity index is 1.68. The summed E-state index contributed by atoms with van der Waals surface area (Å²) >= 11 is 0. The third-order valence-electron chi connectivity index (χ3n) is 4.02. The van der Waals surface area contributed by atoms with Crippen molar-refractivity contribution in [3.05, 3.63) is 48.0 Å². The summed E-state index contributed by atoms with van der Waals surface area (Å²) in [5.74, 6) is -0.759. The second-order valence-corrected chi connectivity index (χ2v) is 5.76. The predicted molar refractivity (Wildman–Crippen MR) is 98.6 cm³/mol. The minimum absolute atomic E-state index is 0.0448. The topological polar surface area (TPSA) is 109 Å². The van der Waals surface area contributed by atoms with E-state index < -0.39 is 25.2 Å². The van der Waals surface area contributed by atoms with Crippen LogP contribution in [0.5, 0.6) is 5.88 Å². The zero-order valence-electron chi connectivity index (χ0n) is 20.5. The van der Waals surface area contributed by atoms with Gasteiger partial charge in [0.1, 0.15) is 18.0 Å². The molecule has 1 aromatic carbocycles. The largest absolute Gasteiger partial charge is 0.470 e. The first-order valence-corrected chi connectivity index (χ1v) is 8.31. The second-order valence-electron chi connectivity index (χ2n) is 5.76. The number of hydrogen-bond acceptors (Lipinski definition) is 8. The third kappa shape index (κ3) is 2.66. The number of ether oxygens (including phenoxy) is 1. The van der Waals surface area contributed by atoms with Gasteiger partial charge in [-0.15, -0.1) is 20.4 Å². The number of benzene rings is 1. The van der Waals surface area contributed by atoms with Crippen molar-refractivity contribution in [2.24, 2.45) is 0 Å². The number of fused-ring (bicyclic) bond motifs is 3. The zero-order chi connectivity index (χ0) is 24.3. The monoisotopic (exact) mass is 382 g/mol. The Morgan fingerprint density at radius 2 is 2.14 bits per heavy atom. The van der Waals surface area contributed by atoms with Crippen LogP contribution in [0.1, 0.15) is 26.6 Å². The van der Waals surface area contributed by atoms with E-state index in [0.717, 1.165) is 0 Å². The van der Waals surface area contributed by atoms with E-state index in [-0.39, 0.29) is 28.7 Å². The Morgan fingerprint density at radius 3 is 2.93 bits per heavy atom. The molecule has 0 atom stereocenters. The van der Waals surface area contributed by atoms with Gasteiger partial charge < -0.3 is 9.26 Å². The molecule has 5 rings (SSSR count). The van der Waals surface area contributed by atoms with Gasteiger partial charge in [-0.3, -0.25) is 4.68 Å². The molecule has 0 N–H and O–H groups in total. The number of nitrogens with zero attached hydrogens (tertiary/aromatic N) is 8. The first kappa shape index (κ1) is 11.1. The van der Waals surface area contributed by atoms with E-state index in [1.807, 2.05) is 6.92 Å². The van der Waals surface area contributed by atoms with E-state index in [1.165, 1.54) is 15.4 Å². The number of aryl methyl sites for hydroxylation is 2. The maximum absolute atomic E-state index is 8.39.